The van der Waals surface area contributed by atoms with Crippen LogP contribution in [0.1, 0.15) is 24.1 Å². The largest absolute Gasteiger partial charge is 0.341 e. The van der Waals surface area contributed by atoms with E-state index >= 15 is 0 Å². The van der Waals surface area contributed by atoms with Crippen molar-refractivity contribution in [3.05, 3.63) is 17.5 Å². The lowest BCUT2D eigenvalue weighted by atomic mass is 10.2. The minimum atomic E-state index is -2.88. The molecule has 1 unspecified atom stereocenters. The Morgan fingerprint density at radius 3 is 2.73 bits per heavy atom. The zero-order valence-corrected chi connectivity index (χ0v) is 14.2. The van der Waals surface area contributed by atoms with Gasteiger partial charge in [-0.15, -0.1) is 0 Å². The molecule has 1 aromatic rings. The highest BCUT2D eigenvalue weighted by Gasteiger charge is 2.30. The molecule has 1 atom stereocenters. The quantitative estimate of drug-likeness (QED) is 0.805. The molecular formula is C14H24N4O3S. The van der Waals surface area contributed by atoms with Crippen LogP contribution in [0.3, 0.4) is 0 Å². The van der Waals surface area contributed by atoms with Crippen molar-refractivity contribution in [3.63, 3.8) is 0 Å². The lowest BCUT2D eigenvalue weighted by Crippen LogP contribution is -2.36. The van der Waals surface area contributed by atoms with Crippen LogP contribution >= 0.6 is 0 Å². The van der Waals surface area contributed by atoms with Gasteiger partial charge in [-0.1, -0.05) is 0 Å². The maximum Gasteiger partial charge on any atom is 0.223 e. The Morgan fingerprint density at radius 2 is 2.18 bits per heavy atom. The van der Waals surface area contributed by atoms with Crippen LogP contribution in [-0.4, -0.2) is 72.5 Å². The van der Waals surface area contributed by atoms with Crippen LogP contribution in [0, 0.1) is 6.92 Å². The third-order valence-electron chi connectivity index (χ3n) is 4.28. The molecule has 0 bridgehead atoms. The third kappa shape index (κ3) is 4.30. The monoisotopic (exact) mass is 328 g/mol. The molecule has 22 heavy (non-hydrogen) atoms. The first-order valence-corrected chi connectivity index (χ1v) is 9.24. The molecule has 0 saturated carbocycles. The highest BCUT2D eigenvalue weighted by atomic mass is 32.2. The highest BCUT2D eigenvalue weighted by Crippen LogP contribution is 2.16. The summed E-state index contributed by atoms with van der Waals surface area (Å²) in [5, 5.41) is 6.80. The second-order valence-electron chi connectivity index (χ2n) is 6.06. The number of amides is 1. The van der Waals surface area contributed by atoms with E-state index in [9.17, 15) is 13.2 Å². The van der Waals surface area contributed by atoms with E-state index in [2.05, 4.69) is 10.2 Å². The Bertz CT molecular complexity index is 626. The summed E-state index contributed by atoms with van der Waals surface area (Å²) in [4.78, 5) is 15.8. The van der Waals surface area contributed by atoms with Gasteiger partial charge in [0, 0.05) is 43.9 Å². The van der Waals surface area contributed by atoms with Gasteiger partial charge in [0.2, 0.25) is 5.91 Å². The molecule has 7 nitrogen and oxygen atoms in total. The molecule has 2 heterocycles. The summed E-state index contributed by atoms with van der Waals surface area (Å²) in [6.07, 6.45) is 2.78. The van der Waals surface area contributed by atoms with Gasteiger partial charge in [-0.25, -0.2) is 8.42 Å². The zero-order chi connectivity index (χ0) is 16.3. The van der Waals surface area contributed by atoms with Crippen LogP contribution in [0.2, 0.25) is 0 Å². The van der Waals surface area contributed by atoms with Gasteiger partial charge in [-0.05, 0) is 20.4 Å². The number of hydrogen-bond donors (Lipinski definition) is 1. The van der Waals surface area contributed by atoms with Gasteiger partial charge in [0.05, 0.1) is 17.7 Å². The van der Waals surface area contributed by atoms with E-state index in [1.807, 2.05) is 18.9 Å². The number of H-pyrrole nitrogens is 1. The molecule has 1 aliphatic heterocycles. The molecule has 0 radical (unpaired) electrons. The van der Waals surface area contributed by atoms with E-state index < -0.39 is 9.84 Å². The number of hydrogen-bond acceptors (Lipinski definition) is 5. The molecule has 1 fully saturated rings. The van der Waals surface area contributed by atoms with Gasteiger partial charge in [-0.3, -0.25) is 9.89 Å². The average molecular weight is 328 g/mol. The van der Waals surface area contributed by atoms with Crippen LogP contribution in [0.15, 0.2) is 6.20 Å². The Balaban J connectivity index is 1.78. The molecule has 0 aromatic carbocycles. The average Bonchev–Trinajstić information content (AvgIpc) is 3.01. The van der Waals surface area contributed by atoms with E-state index in [0.29, 0.717) is 25.9 Å². The molecule has 1 amide bonds. The first-order valence-electron chi connectivity index (χ1n) is 7.42. The van der Waals surface area contributed by atoms with Crippen molar-refractivity contribution in [1.29, 1.82) is 0 Å². The number of rotatable bonds is 6. The Hall–Kier alpha value is -1.41. The molecule has 8 heteroatoms. The molecule has 0 spiro atoms. The SMILES string of the molecule is Cc1[nH]ncc1CN(C)C(=O)CCN(C)C1CCS(=O)(=O)C1. The number of nitrogens with zero attached hydrogens (tertiary/aromatic N) is 3. The smallest absolute Gasteiger partial charge is 0.223 e. The Kier molecular flexibility index (Phi) is 5.23. The lowest BCUT2D eigenvalue weighted by molar-refractivity contribution is -0.130. The summed E-state index contributed by atoms with van der Waals surface area (Å²) in [6, 6.07) is 0.0409. The maximum absolute atomic E-state index is 12.2. The van der Waals surface area contributed by atoms with Gasteiger partial charge in [-0.2, -0.15) is 5.10 Å². The standard InChI is InChI=1S/C14H24N4O3S/c1-11-12(8-15-16-11)9-18(3)14(19)4-6-17(2)13-5-7-22(20,21)10-13/h8,13H,4-7,9-10H2,1-3H3,(H,15,16). The minimum Gasteiger partial charge on any atom is -0.341 e. The molecule has 1 aromatic heterocycles. The Labute approximate surface area is 131 Å². The lowest BCUT2D eigenvalue weighted by Gasteiger charge is -2.24. The summed E-state index contributed by atoms with van der Waals surface area (Å²) in [7, 11) is 0.779. The molecule has 124 valence electrons. The van der Waals surface area contributed by atoms with Crippen LogP contribution in [-0.2, 0) is 21.2 Å². The highest BCUT2D eigenvalue weighted by molar-refractivity contribution is 7.91. The fraction of sp³-hybridized carbons (Fsp3) is 0.714. The van der Waals surface area contributed by atoms with Crippen LogP contribution < -0.4 is 0 Å². The van der Waals surface area contributed by atoms with Crippen molar-refractivity contribution in [2.45, 2.75) is 32.4 Å². The third-order valence-corrected chi connectivity index (χ3v) is 6.03. The number of carbonyl (C=O) groups excluding carboxylic acids is 1. The minimum absolute atomic E-state index is 0.0409. The van der Waals surface area contributed by atoms with Gasteiger partial charge in [0.15, 0.2) is 9.84 Å². The summed E-state index contributed by atoms with van der Waals surface area (Å²) >= 11 is 0. The second kappa shape index (κ2) is 6.78. The zero-order valence-electron chi connectivity index (χ0n) is 13.4. The van der Waals surface area contributed by atoms with Gasteiger partial charge in [0.1, 0.15) is 0 Å². The van der Waals surface area contributed by atoms with Gasteiger partial charge >= 0.3 is 0 Å². The molecular weight excluding hydrogens is 304 g/mol. The fourth-order valence-electron chi connectivity index (χ4n) is 2.65. The second-order valence-corrected chi connectivity index (χ2v) is 8.29. The van der Waals surface area contributed by atoms with Crippen molar-refractivity contribution in [2.75, 3.05) is 32.1 Å². The number of carbonyl (C=O) groups is 1. The summed E-state index contributed by atoms with van der Waals surface area (Å²) in [5.74, 6) is 0.519. The van der Waals surface area contributed by atoms with E-state index in [1.165, 1.54) is 0 Å². The van der Waals surface area contributed by atoms with Crippen molar-refractivity contribution >= 4 is 15.7 Å². The van der Waals surface area contributed by atoms with E-state index in [-0.39, 0.29) is 23.5 Å². The van der Waals surface area contributed by atoms with Crippen LogP contribution in [0.25, 0.3) is 0 Å². The van der Waals surface area contributed by atoms with Gasteiger partial charge < -0.3 is 9.80 Å². The number of sulfone groups is 1. The predicted octanol–water partition coefficient (Wildman–Crippen LogP) is 0.186. The molecule has 1 aliphatic rings. The first-order chi connectivity index (χ1) is 10.3. The molecule has 1 saturated heterocycles. The predicted molar refractivity (Wildman–Crippen MR) is 84.1 cm³/mol. The van der Waals surface area contributed by atoms with E-state index in [0.717, 1.165) is 11.3 Å². The normalized spacial score (nSPS) is 20.5. The number of aromatic nitrogens is 2. The molecule has 0 aliphatic carbocycles. The Morgan fingerprint density at radius 1 is 1.45 bits per heavy atom. The maximum atomic E-state index is 12.2. The van der Waals surface area contributed by atoms with E-state index in [1.54, 1.807) is 18.1 Å². The van der Waals surface area contributed by atoms with Crippen molar-refractivity contribution < 1.29 is 13.2 Å². The van der Waals surface area contributed by atoms with E-state index in [4.69, 9.17) is 0 Å². The molecule has 1 N–H and O–H groups in total. The van der Waals surface area contributed by atoms with Crippen molar-refractivity contribution in [1.82, 2.24) is 20.0 Å². The summed E-state index contributed by atoms with van der Waals surface area (Å²) < 4.78 is 23.0. The van der Waals surface area contributed by atoms with Crippen molar-refractivity contribution in [2.24, 2.45) is 0 Å². The van der Waals surface area contributed by atoms with Crippen molar-refractivity contribution in [3.8, 4) is 0 Å². The number of aryl methyl sites for hydroxylation is 1. The topological polar surface area (TPSA) is 86.4 Å². The summed E-state index contributed by atoms with van der Waals surface area (Å²) in [6.45, 7) is 3.03. The molecule has 2 rings (SSSR count). The first kappa shape index (κ1) is 17.0. The number of nitrogens with one attached hydrogen (secondary N) is 1. The van der Waals surface area contributed by atoms with Crippen LogP contribution in [0.4, 0.5) is 0 Å². The van der Waals surface area contributed by atoms with Crippen LogP contribution in [0.5, 0.6) is 0 Å². The fourth-order valence-corrected chi connectivity index (χ4v) is 4.45. The summed E-state index contributed by atoms with van der Waals surface area (Å²) in [5.41, 5.74) is 1.97. The van der Waals surface area contributed by atoms with Gasteiger partial charge in [0.25, 0.3) is 0 Å². The number of aromatic amines is 1.